The lowest BCUT2D eigenvalue weighted by atomic mass is 10.1. The topological polar surface area (TPSA) is 29.1 Å². The lowest BCUT2D eigenvalue weighted by Crippen LogP contribution is -2.34. The second kappa shape index (κ2) is 6.06. The van der Waals surface area contributed by atoms with Crippen LogP contribution in [-0.4, -0.2) is 11.9 Å². The van der Waals surface area contributed by atoms with Gasteiger partial charge in [-0.25, -0.2) is 0 Å². The van der Waals surface area contributed by atoms with Crippen LogP contribution in [0.5, 0.6) is 0 Å². The van der Waals surface area contributed by atoms with E-state index in [-0.39, 0.29) is 11.9 Å². The Kier molecular flexibility index (Phi) is 4.20. The van der Waals surface area contributed by atoms with Gasteiger partial charge in [0.25, 0.3) is 5.91 Å². The number of carbonyl (C=O) groups excluding carboxylic acids is 1. The molecule has 0 aliphatic heterocycles. The molecule has 0 spiro atoms. The van der Waals surface area contributed by atoms with Crippen molar-refractivity contribution in [1.82, 2.24) is 5.32 Å². The van der Waals surface area contributed by atoms with E-state index < -0.39 is 0 Å². The van der Waals surface area contributed by atoms with Gasteiger partial charge in [0.2, 0.25) is 0 Å². The number of benzene rings is 2. The van der Waals surface area contributed by atoms with Crippen molar-refractivity contribution in [3.8, 4) is 12.3 Å². The first-order valence-electron chi connectivity index (χ1n) is 6.47. The summed E-state index contributed by atoms with van der Waals surface area (Å²) < 4.78 is 0. The highest BCUT2D eigenvalue weighted by atomic mass is 16.1. The van der Waals surface area contributed by atoms with Gasteiger partial charge in [-0.3, -0.25) is 4.79 Å². The van der Waals surface area contributed by atoms with E-state index in [1.54, 1.807) is 0 Å². The Hall–Kier alpha value is -2.27. The molecule has 1 unspecified atom stereocenters. The first-order chi connectivity index (χ1) is 9.24. The molecule has 0 heterocycles. The minimum Gasteiger partial charge on any atom is -0.348 e. The van der Waals surface area contributed by atoms with Gasteiger partial charge >= 0.3 is 0 Å². The predicted octanol–water partition coefficient (Wildman–Crippen LogP) is 3.37. The van der Waals surface area contributed by atoms with Gasteiger partial charge < -0.3 is 5.32 Å². The summed E-state index contributed by atoms with van der Waals surface area (Å²) in [6.07, 6.45) is 6.69. The summed E-state index contributed by atoms with van der Waals surface area (Å²) in [5, 5.41) is 5.17. The summed E-state index contributed by atoms with van der Waals surface area (Å²) in [7, 11) is 0. The molecule has 0 radical (unpaired) electrons. The van der Waals surface area contributed by atoms with Gasteiger partial charge in [0.1, 0.15) is 0 Å². The van der Waals surface area contributed by atoms with Crippen molar-refractivity contribution in [1.29, 1.82) is 0 Å². The monoisotopic (exact) mass is 251 g/mol. The smallest absolute Gasteiger partial charge is 0.251 e. The van der Waals surface area contributed by atoms with E-state index in [0.29, 0.717) is 12.0 Å². The van der Waals surface area contributed by atoms with Crippen LogP contribution >= 0.6 is 0 Å². The normalized spacial score (nSPS) is 11.8. The van der Waals surface area contributed by atoms with Crippen molar-refractivity contribution in [3.05, 3.63) is 48.0 Å². The molecule has 0 aromatic heterocycles. The summed E-state index contributed by atoms with van der Waals surface area (Å²) in [6, 6.07) is 13.8. The zero-order valence-electron chi connectivity index (χ0n) is 11.0. The second-order valence-corrected chi connectivity index (χ2v) is 4.55. The Balaban J connectivity index is 2.19. The van der Waals surface area contributed by atoms with Gasteiger partial charge in [0, 0.05) is 18.0 Å². The van der Waals surface area contributed by atoms with Crippen LogP contribution in [0, 0.1) is 12.3 Å². The summed E-state index contributed by atoms with van der Waals surface area (Å²) in [6.45, 7) is 2.02. The first-order valence-corrected chi connectivity index (χ1v) is 6.47. The second-order valence-electron chi connectivity index (χ2n) is 4.55. The molecular formula is C17H17NO. The molecule has 1 atom stereocenters. The quantitative estimate of drug-likeness (QED) is 0.829. The number of carbonyl (C=O) groups is 1. The van der Waals surface area contributed by atoms with Crippen LogP contribution in [0.4, 0.5) is 0 Å². The number of amides is 1. The summed E-state index contributed by atoms with van der Waals surface area (Å²) in [5.41, 5.74) is 0.675. The maximum Gasteiger partial charge on any atom is 0.251 e. The zero-order chi connectivity index (χ0) is 13.7. The molecule has 2 rings (SSSR count). The molecular weight excluding hydrogens is 234 g/mol. The molecule has 1 amide bonds. The van der Waals surface area contributed by atoms with E-state index in [0.717, 1.165) is 17.2 Å². The fourth-order valence-electron chi connectivity index (χ4n) is 2.04. The van der Waals surface area contributed by atoms with Crippen LogP contribution in [0.25, 0.3) is 10.8 Å². The third-order valence-electron chi connectivity index (χ3n) is 3.20. The highest BCUT2D eigenvalue weighted by Gasteiger charge is 2.11. The molecule has 0 aliphatic rings. The highest BCUT2D eigenvalue weighted by molar-refractivity contribution is 5.98. The first kappa shape index (κ1) is 13.2. The molecule has 19 heavy (non-hydrogen) atoms. The number of terminal acetylenes is 1. The largest absolute Gasteiger partial charge is 0.348 e. The summed E-state index contributed by atoms with van der Waals surface area (Å²) >= 11 is 0. The maximum absolute atomic E-state index is 12.2. The van der Waals surface area contributed by atoms with Crippen LogP contribution in [0.1, 0.15) is 30.1 Å². The van der Waals surface area contributed by atoms with Crippen LogP contribution in [0.3, 0.4) is 0 Å². The minimum atomic E-state index is -0.0622. The maximum atomic E-state index is 12.2. The molecule has 96 valence electrons. The molecule has 0 saturated carbocycles. The van der Waals surface area contributed by atoms with Crippen molar-refractivity contribution in [3.63, 3.8) is 0 Å². The van der Waals surface area contributed by atoms with Gasteiger partial charge in [0.05, 0.1) is 0 Å². The van der Waals surface area contributed by atoms with Crippen LogP contribution in [0.15, 0.2) is 42.5 Å². The third-order valence-corrected chi connectivity index (χ3v) is 3.20. The number of hydrogen-bond acceptors (Lipinski definition) is 1. The van der Waals surface area contributed by atoms with Crippen molar-refractivity contribution in [2.75, 3.05) is 0 Å². The molecule has 1 N–H and O–H groups in total. The molecule has 0 saturated heterocycles. The van der Waals surface area contributed by atoms with E-state index >= 15 is 0 Å². The SMILES string of the molecule is C#CCC(CC)NC(=O)c1ccc2ccccc2c1. The number of fused-ring (bicyclic) bond motifs is 1. The lowest BCUT2D eigenvalue weighted by molar-refractivity contribution is 0.0937. The molecule has 0 fully saturated rings. The van der Waals surface area contributed by atoms with Gasteiger partial charge in [-0.05, 0) is 29.3 Å². The van der Waals surface area contributed by atoms with Crippen molar-refractivity contribution < 1.29 is 4.79 Å². The van der Waals surface area contributed by atoms with Gasteiger partial charge in [-0.2, -0.15) is 0 Å². The Morgan fingerprint density at radius 3 is 2.68 bits per heavy atom. The average molecular weight is 251 g/mol. The zero-order valence-corrected chi connectivity index (χ0v) is 11.0. The number of rotatable bonds is 4. The predicted molar refractivity (Wildman–Crippen MR) is 78.9 cm³/mol. The summed E-state index contributed by atoms with van der Waals surface area (Å²) in [5.74, 6) is 2.53. The van der Waals surface area contributed by atoms with Crippen molar-refractivity contribution in [2.45, 2.75) is 25.8 Å². The Morgan fingerprint density at radius 1 is 1.26 bits per heavy atom. The molecule has 2 heteroatoms. The Bertz CT molecular complexity index is 624. The standard InChI is InChI=1S/C17H17NO/c1-3-7-16(4-2)18-17(19)15-11-10-13-8-5-6-9-14(13)12-15/h1,5-6,8-12,16H,4,7H2,2H3,(H,18,19). The van der Waals surface area contributed by atoms with Gasteiger partial charge in [-0.1, -0.05) is 37.3 Å². The van der Waals surface area contributed by atoms with Crippen LogP contribution in [0.2, 0.25) is 0 Å². The average Bonchev–Trinajstić information content (AvgIpc) is 2.46. The Labute approximate surface area is 113 Å². The molecule has 0 aliphatic carbocycles. The Morgan fingerprint density at radius 2 is 2.00 bits per heavy atom. The van der Waals surface area contributed by atoms with E-state index in [9.17, 15) is 4.79 Å². The van der Waals surface area contributed by atoms with Gasteiger partial charge in [0.15, 0.2) is 0 Å². The highest BCUT2D eigenvalue weighted by Crippen LogP contribution is 2.15. The van der Waals surface area contributed by atoms with Crippen molar-refractivity contribution in [2.24, 2.45) is 0 Å². The third kappa shape index (κ3) is 3.14. The number of hydrogen-bond donors (Lipinski definition) is 1. The molecule has 2 nitrogen and oxygen atoms in total. The minimum absolute atomic E-state index is 0.0453. The van der Waals surface area contributed by atoms with E-state index in [1.165, 1.54) is 0 Å². The molecule has 2 aromatic carbocycles. The van der Waals surface area contributed by atoms with E-state index in [1.807, 2.05) is 49.4 Å². The van der Waals surface area contributed by atoms with Crippen molar-refractivity contribution >= 4 is 16.7 Å². The fourth-order valence-corrected chi connectivity index (χ4v) is 2.04. The number of nitrogens with one attached hydrogen (secondary N) is 1. The lowest BCUT2D eigenvalue weighted by Gasteiger charge is -2.14. The van der Waals surface area contributed by atoms with Gasteiger partial charge in [-0.15, -0.1) is 12.3 Å². The van der Waals surface area contributed by atoms with Crippen LogP contribution < -0.4 is 5.32 Å². The molecule has 2 aromatic rings. The summed E-state index contributed by atoms with van der Waals surface area (Å²) in [4.78, 5) is 12.2. The fraction of sp³-hybridized carbons (Fsp3) is 0.235. The van der Waals surface area contributed by atoms with E-state index in [2.05, 4.69) is 11.2 Å². The molecule has 0 bridgehead atoms. The van der Waals surface area contributed by atoms with E-state index in [4.69, 9.17) is 6.42 Å². The van der Waals surface area contributed by atoms with Crippen LogP contribution in [-0.2, 0) is 0 Å².